The molecule has 0 aliphatic carbocycles. The van der Waals surface area contributed by atoms with E-state index in [0.717, 1.165) is 22.4 Å². The maximum absolute atomic E-state index is 11.2. The number of nitrogens with one attached hydrogen (secondary N) is 1. The van der Waals surface area contributed by atoms with E-state index in [1.165, 1.54) is 7.11 Å². The normalized spacial score (nSPS) is 9.89. The molecule has 0 aliphatic heterocycles. The topological polar surface area (TPSA) is 64.6 Å². The Hall–Kier alpha value is -2.04. The van der Waals surface area contributed by atoms with Gasteiger partial charge in [-0.25, -0.2) is 4.79 Å². The average Bonchev–Trinajstić information content (AvgIpc) is 2.42. The van der Waals surface area contributed by atoms with Gasteiger partial charge in [0.15, 0.2) is 0 Å². The van der Waals surface area contributed by atoms with Crippen LogP contribution in [0.15, 0.2) is 12.1 Å². The fourth-order valence-electron chi connectivity index (χ4n) is 1.82. The Balaban J connectivity index is 2.62. The number of benzene rings is 1. The van der Waals surface area contributed by atoms with Crippen LogP contribution in [0, 0.1) is 13.8 Å². The van der Waals surface area contributed by atoms with Gasteiger partial charge < -0.3 is 14.8 Å². The van der Waals surface area contributed by atoms with Crippen molar-refractivity contribution in [3.05, 3.63) is 28.8 Å². The molecule has 0 aliphatic rings. The quantitative estimate of drug-likeness (QED) is 0.655. The summed E-state index contributed by atoms with van der Waals surface area (Å²) >= 11 is 0. The summed E-state index contributed by atoms with van der Waals surface area (Å²) in [6.45, 7) is 4.39. The van der Waals surface area contributed by atoms with Crippen molar-refractivity contribution >= 4 is 11.9 Å². The molecule has 0 heterocycles. The van der Waals surface area contributed by atoms with Gasteiger partial charge in [-0.15, -0.1) is 0 Å². The first-order valence-corrected chi connectivity index (χ1v) is 6.00. The van der Waals surface area contributed by atoms with Crippen LogP contribution in [0.2, 0.25) is 0 Å². The molecular formula is C14H19NO4. The van der Waals surface area contributed by atoms with E-state index in [4.69, 9.17) is 4.74 Å². The van der Waals surface area contributed by atoms with Crippen LogP contribution in [0.4, 0.5) is 0 Å². The average molecular weight is 265 g/mol. The lowest BCUT2D eigenvalue weighted by Gasteiger charge is -2.12. The smallest absolute Gasteiger partial charge is 0.396 e. The summed E-state index contributed by atoms with van der Waals surface area (Å²) in [5.41, 5.74) is 3.33. The zero-order chi connectivity index (χ0) is 14.4. The first-order chi connectivity index (χ1) is 9.01. The summed E-state index contributed by atoms with van der Waals surface area (Å²) < 4.78 is 9.56. The highest BCUT2D eigenvalue weighted by atomic mass is 16.5. The minimum atomic E-state index is -0.873. The van der Waals surface area contributed by atoms with E-state index in [-0.39, 0.29) is 0 Å². The lowest BCUT2D eigenvalue weighted by atomic mass is 10.00. The highest BCUT2D eigenvalue weighted by Crippen LogP contribution is 2.23. The van der Waals surface area contributed by atoms with Gasteiger partial charge in [-0.1, -0.05) is 6.07 Å². The summed E-state index contributed by atoms with van der Waals surface area (Å²) in [6, 6.07) is 3.87. The Morgan fingerprint density at radius 1 is 1.16 bits per heavy atom. The third-order valence-electron chi connectivity index (χ3n) is 3.12. The number of ether oxygens (including phenoxy) is 2. The number of methoxy groups -OCH3 is 2. The second-order valence-electron chi connectivity index (χ2n) is 4.17. The molecule has 19 heavy (non-hydrogen) atoms. The standard InChI is InChI=1S/C14H19NO4/c1-9-10(2)12(18-3)6-5-11(9)7-8-15-13(16)14(17)19-4/h5-6H,7-8H2,1-4H3,(H,15,16). The van der Waals surface area contributed by atoms with E-state index < -0.39 is 11.9 Å². The van der Waals surface area contributed by atoms with Crippen molar-refractivity contribution in [1.82, 2.24) is 5.32 Å². The van der Waals surface area contributed by atoms with Crippen LogP contribution in [-0.4, -0.2) is 32.6 Å². The third kappa shape index (κ3) is 3.71. The van der Waals surface area contributed by atoms with Gasteiger partial charge >= 0.3 is 11.9 Å². The lowest BCUT2D eigenvalue weighted by molar-refractivity contribution is -0.152. The van der Waals surface area contributed by atoms with Crippen LogP contribution in [-0.2, 0) is 20.7 Å². The SMILES string of the molecule is COC(=O)C(=O)NCCc1ccc(OC)c(C)c1C. The van der Waals surface area contributed by atoms with E-state index in [1.54, 1.807) is 7.11 Å². The van der Waals surface area contributed by atoms with Crippen molar-refractivity contribution in [3.63, 3.8) is 0 Å². The van der Waals surface area contributed by atoms with Crippen molar-refractivity contribution in [2.24, 2.45) is 0 Å². The molecule has 0 aromatic heterocycles. The fourth-order valence-corrected chi connectivity index (χ4v) is 1.82. The fraction of sp³-hybridized carbons (Fsp3) is 0.429. The Bertz CT molecular complexity index is 483. The lowest BCUT2D eigenvalue weighted by Crippen LogP contribution is -2.33. The number of esters is 1. The first-order valence-electron chi connectivity index (χ1n) is 6.00. The maximum Gasteiger partial charge on any atom is 0.396 e. The molecule has 0 saturated carbocycles. The molecule has 0 unspecified atom stereocenters. The Morgan fingerprint density at radius 3 is 2.42 bits per heavy atom. The highest BCUT2D eigenvalue weighted by Gasteiger charge is 2.13. The molecule has 1 N–H and O–H groups in total. The molecule has 0 saturated heterocycles. The zero-order valence-corrected chi connectivity index (χ0v) is 11.7. The predicted octanol–water partition coefficient (Wildman–Crippen LogP) is 1.14. The predicted molar refractivity (Wildman–Crippen MR) is 71.2 cm³/mol. The summed E-state index contributed by atoms with van der Waals surface area (Å²) in [7, 11) is 2.82. The van der Waals surface area contributed by atoms with Crippen LogP contribution in [0.5, 0.6) is 5.75 Å². The molecule has 1 rings (SSSR count). The Morgan fingerprint density at radius 2 is 1.84 bits per heavy atom. The number of hydrogen-bond acceptors (Lipinski definition) is 4. The minimum Gasteiger partial charge on any atom is -0.496 e. The van der Waals surface area contributed by atoms with Gasteiger partial charge in [-0.2, -0.15) is 0 Å². The molecule has 1 aromatic carbocycles. The van der Waals surface area contributed by atoms with Crippen LogP contribution >= 0.6 is 0 Å². The summed E-state index contributed by atoms with van der Waals surface area (Å²) in [4.78, 5) is 22.1. The molecule has 5 nitrogen and oxygen atoms in total. The second-order valence-corrected chi connectivity index (χ2v) is 4.17. The van der Waals surface area contributed by atoms with Crippen LogP contribution in [0.25, 0.3) is 0 Å². The molecule has 0 fully saturated rings. The van der Waals surface area contributed by atoms with Crippen LogP contribution in [0.3, 0.4) is 0 Å². The molecule has 0 radical (unpaired) electrons. The third-order valence-corrected chi connectivity index (χ3v) is 3.12. The summed E-state index contributed by atoms with van der Waals surface area (Å²) in [5.74, 6) is -0.743. The van der Waals surface area contributed by atoms with Crippen molar-refractivity contribution in [2.45, 2.75) is 20.3 Å². The van der Waals surface area contributed by atoms with Gasteiger partial charge in [0.2, 0.25) is 0 Å². The van der Waals surface area contributed by atoms with E-state index in [1.807, 2.05) is 26.0 Å². The molecule has 0 spiro atoms. The van der Waals surface area contributed by atoms with Crippen molar-refractivity contribution < 1.29 is 19.1 Å². The molecule has 1 aromatic rings. The van der Waals surface area contributed by atoms with E-state index in [9.17, 15) is 9.59 Å². The van der Waals surface area contributed by atoms with Gasteiger partial charge in [0.1, 0.15) is 5.75 Å². The number of carbonyl (C=O) groups excluding carboxylic acids is 2. The minimum absolute atomic E-state index is 0.389. The number of amides is 1. The van der Waals surface area contributed by atoms with Gasteiger partial charge in [0.05, 0.1) is 14.2 Å². The van der Waals surface area contributed by atoms with Gasteiger partial charge in [-0.3, -0.25) is 4.79 Å². The molecule has 104 valence electrons. The Kier molecular flexibility index (Phi) is 5.36. The zero-order valence-electron chi connectivity index (χ0n) is 11.7. The van der Waals surface area contributed by atoms with E-state index in [0.29, 0.717) is 13.0 Å². The van der Waals surface area contributed by atoms with Crippen LogP contribution < -0.4 is 10.1 Å². The summed E-state index contributed by atoms with van der Waals surface area (Å²) in [5, 5.41) is 2.51. The Labute approximate surface area is 112 Å². The molecule has 5 heteroatoms. The molecule has 0 bridgehead atoms. The number of carbonyl (C=O) groups is 2. The van der Waals surface area contributed by atoms with Crippen molar-refractivity contribution in [2.75, 3.05) is 20.8 Å². The second kappa shape index (κ2) is 6.78. The number of hydrogen-bond donors (Lipinski definition) is 1. The van der Waals surface area contributed by atoms with E-state index >= 15 is 0 Å². The first kappa shape index (κ1) is 15.0. The van der Waals surface area contributed by atoms with Gasteiger partial charge in [0.25, 0.3) is 0 Å². The van der Waals surface area contributed by atoms with Crippen molar-refractivity contribution in [3.8, 4) is 5.75 Å². The molecular weight excluding hydrogens is 246 g/mol. The van der Waals surface area contributed by atoms with E-state index in [2.05, 4.69) is 10.1 Å². The maximum atomic E-state index is 11.2. The van der Waals surface area contributed by atoms with Crippen molar-refractivity contribution in [1.29, 1.82) is 0 Å². The van der Waals surface area contributed by atoms with Crippen LogP contribution in [0.1, 0.15) is 16.7 Å². The largest absolute Gasteiger partial charge is 0.496 e. The monoisotopic (exact) mass is 265 g/mol. The highest BCUT2D eigenvalue weighted by molar-refractivity contribution is 6.32. The van der Waals surface area contributed by atoms with Gasteiger partial charge in [0, 0.05) is 6.54 Å². The molecule has 1 amide bonds. The number of rotatable bonds is 4. The summed E-state index contributed by atoms with van der Waals surface area (Å²) in [6.07, 6.45) is 0.652. The van der Waals surface area contributed by atoms with Gasteiger partial charge in [-0.05, 0) is 43.0 Å². The molecule has 0 atom stereocenters.